The van der Waals surface area contributed by atoms with E-state index < -0.39 is 28.5 Å². The number of sulfonamides is 1. The first-order valence-corrected chi connectivity index (χ1v) is 17.6. The van der Waals surface area contributed by atoms with Crippen LogP contribution < -0.4 is 9.62 Å². The minimum atomic E-state index is -4.24. The van der Waals surface area contributed by atoms with Crippen LogP contribution in [0.3, 0.4) is 0 Å². The summed E-state index contributed by atoms with van der Waals surface area (Å²) in [6.45, 7) is -0.733. The topological polar surface area (TPSA) is 86.8 Å². The molecule has 1 atom stereocenters. The molecule has 2 amide bonds. The van der Waals surface area contributed by atoms with E-state index >= 15 is 0 Å². The first kappa shape index (κ1) is 33.8. The van der Waals surface area contributed by atoms with Crippen LogP contribution in [-0.4, -0.2) is 43.8 Å². The zero-order valence-electron chi connectivity index (χ0n) is 25.0. The van der Waals surface area contributed by atoms with E-state index in [1.807, 2.05) is 30.3 Å². The van der Waals surface area contributed by atoms with E-state index in [0.717, 1.165) is 35.6 Å². The molecule has 46 heavy (non-hydrogen) atoms. The van der Waals surface area contributed by atoms with E-state index in [9.17, 15) is 18.0 Å². The summed E-state index contributed by atoms with van der Waals surface area (Å²) in [6.07, 6.45) is 3.92. The number of nitrogens with one attached hydrogen (secondary N) is 1. The Morgan fingerprint density at radius 2 is 1.41 bits per heavy atom. The number of carbonyl (C=O) groups excluding carboxylic acids is 2. The second-order valence-electron chi connectivity index (χ2n) is 11.2. The zero-order valence-corrected chi connectivity index (χ0v) is 28.1. The fourth-order valence-corrected chi connectivity index (χ4v) is 7.78. The van der Waals surface area contributed by atoms with Crippen molar-refractivity contribution >= 4 is 62.3 Å². The monoisotopic (exact) mass is 697 g/mol. The van der Waals surface area contributed by atoms with Gasteiger partial charge in [0.1, 0.15) is 12.6 Å². The second kappa shape index (κ2) is 15.4. The SMILES string of the molecule is O=C(NC1CCCC1)[C@H](Cc1ccccc1)N(Cc1c(Cl)cccc1Cl)C(=O)CN(c1cccc(Cl)c1)S(=O)(=O)c1ccccc1. The summed E-state index contributed by atoms with van der Waals surface area (Å²) in [5.74, 6) is -0.939. The molecule has 1 saturated carbocycles. The third kappa shape index (κ3) is 8.23. The van der Waals surface area contributed by atoms with E-state index in [0.29, 0.717) is 20.6 Å². The molecule has 0 aliphatic heterocycles. The van der Waals surface area contributed by atoms with E-state index in [1.165, 1.54) is 23.1 Å². The number of amides is 2. The van der Waals surface area contributed by atoms with Gasteiger partial charge in [-0.2, -0.15) is 0 Å². The van der Waals surface area contributed by atoms with Gasteiger partial charge in [0.15, 0.2) is 0 Å². The maximum absolute atomic E-state index is 14.6. The number of carbonyl (C=O) groups is 2. The van der Waals surface area contributed by atoms with Gasteiger partial charge >= 0.3 is 0 Å². The van der Waals surface area contributed by atoms with Gasteiger partial charge in [0, 0.05) is 39.6 Å². The van der Waals surface area contributed by atoms with Gasteiger partial charge in [0.25, 0.3) is 10.0 Å². The largest absolute Gasteiger partial charge is 0.352 e. The molecule has 0 saturated heterocycles. The number of hydrogen-bond acceptors (Lipinski definition) is 4. The Bertz CT molecular complexity index is 1750. The molecule has 1 N–H and O–H groups in total. The number of anilines is 1. The maximum atomic E-state index is 14.6. The summed E-state index contributed by atoms with van der Waals surface area (Å²) in [5, 5.41) is 4.10. The van der Waals surface area contributed by atoms with Crippen LogP contribution in [0.25, 0.3) is 0 Å². The molecule has 0 spiro atoms. The highest BCUT2D eigenvalue weighted by molar-refractivity contribution is 7.92. The molecule has 4 aromatic rings. The molecule has 11 heteroatoms. The minimum absolute atomic E-state index is 0.00304. The van der Waals surface area contributed by atoms with Gasteiger partial charge < -0.3 is 10.2 Å². The van der Waals surface area contributed by atoms with Crippen molar-refractivity contribution in [2.45, 2.75) is 55.6 Å². The average molecular weight is 699 g/mol. The average Bonchev–Trinajstić information content (AvgIpc) is 3.56. The normalized spacial score (nSPS) is 14.1. The van der Waals surface area contributed by atoms with Gasteiger partial charge in [-0.3, -0.25) is 13.9 Å². The van der Waals surface area contributed by atoms with Crippen molar-refractivity contribution < 1.29 is 18.0 Å². The molecule has 0 heterocycles. The summed E-state index contributed by atoms with van der Waals surface area (Å²) >= 11 is 19.5. The van der Waals surface area contributed by atoms with Gasteiger partial charge in [-0.25, -0.2) is 8.42 Å². The fourth-order valence-electron chi connectivity index (χ4n) is 5.65. The van der Waals surface area contributed by atoms with E-state index in [1.54, 1.807) is 54.6 Å². The molecule has 5 rings (SSSR count). The number of nitrogens with zero attached hydrogens (tertiary/aromatic N) is 2. The Labute approximate surface area is 285 Å². The van der Waals surface area contributed by atoms with Crippen LogP contribution in [-0.2, 0) is 32.6 Å². The smallest absolute Gasteiger partial charge is 0.264 e. The van der Waals surface area contributed by atoms with Crippen LogP contribution >= 0.6 is 34.8 Å². The second-order valence-corrected chi connectivity index (χ2v) is 14.3. The molecule has 7 nitrogen and oxygen atoms in total. The van der Waals surface area contributed by atoms with Crippen molar-refractivity contribution in [2.24, 2.45) is 0 Å². The van der Waals surface area contributed by atoms with E-state index in [4.69, 9.17) is 34.8 Å². The molecular weight excluding hydrogens is 665 g/mol. The molecule has 1 aliphatic carbocycles. The molecule has 0 aromatic heterocycles. The zero-order chi connectivity index (χ0) is 32.7. The first-order valence-electron chi connectivity index (χ1n) is 15.0. The Morgan fingerprint density at radius 3 is 2.04 bits per heavy atom. The number of benzene rings is 4. The summed E-state index contributed by atoms with van der Waals surface area (Å²) in [5.41, 5.74) is 1.49. The summed E-state index contributed by atoms with van der Waals surface area (Å²) < 4.78 is 29.2. The third-order valence-electron chi connectivity index (χ3n) is 8.07. The predicted octanol–water partition coefficient (Wildman–Crippen LogP) is 7.54. The van der Waals surface area contributed by atoms with Gasteiger partial charge in [0.2, 0.25) is 11.8 Å². The highest BCUT2D eigenvalue weighted by atomic mass is 35.5. The fraction of sp³-hybridized carbons (Fsp3) is 0.257. The molecule has 0 radical (unpaired) electrons. The highest BCUT2D eigenvalue weighted by Gasteiger charge is 2.36. The van der Waals surface area contributed by atoms with E-state index in [-0.39, 0.29) is 35.5 Å². The van der Waals surface area contributed by atoms with Crippen LogP contribution in [0.2, 0.25) is 15.1 Å². The minimum Gasteiger partial charge on any atom is -0.352 e. The van der Waals surface area contributed by atoms with Crippen molar-refractivity contribution in [1.82, 2.24) is 10.2 Å². The quantitative estimate of drug-likeness (QED) is 0.166. The lowest BCUT2D eigenvalue weighted by atomic mass is 10.0. The number of halogens is 3. The van der Waals surface area contributed by atoms with Gasteiger partial charge in [-0.05, 0) is 60.9 Å². The molecule has 1 aliphatic rings. The van der Waals surface area contributed by atoms with Crippen LogP contribution in [0.4, 0.5) is 5.69 Å². The Kier molecular flexibility index (Phi) is 11.3. The molecular formula is C35H34Cl3N3O4S. The van der Waals surface area contributed by atoms with Crippen molar-refractivity contribution in [3.8, 4) is 0 Å². The van der Waals surface area contributed by atoms with Gasteiger partial charge in [-0.15, -0.1) is 0 Å². The Morgan fingerprint density at radius 1 is 0.804 bits per heavy atom. The van der Waals surface area contributed by atoms with Crippen LogP contribution in [0.5, 0.6) is 0 Å². The van der Waals surface area contributed by atoms with Gasteiger partial charge in [-0.1, -0.05) is 108 Å². The summed E-state index contributed by atoms with van der Waals surface area (Å²) in [6, 6.07) is 27.6. The summed E-state index contributed by atoms with van der Waals surface area (Å²) in [7, 11) is -4.24. The predicted molar refractivity (Wildman–Crippen MR) is 184 cm³/mol. The van der Waals surface area contributed by atoms with E-state index in [2.05, 4.69) is 5.32 Å². The third-order valence-corrected chi connectivity index (χ3v) is 10.8. The van der Waals surface area contributed by atoms with Crippen molar-refractivity contribution in [2.75, 3.05) is 10.8 Å². The maximum Gasteiger partial charge on any atom is 0.264 e. The van der Waals surface area contributed by atoms with Crippen LogP contribution in [0, 0.1) is 0 Å². The standard InChI is InChI=1S/C35H34Cl3N3O4S/c36-26-13-9-16-28(22-26)41(46(44,45)29-17-5-2-6-18-29)24-34(42)40(23-30-31(37)19-10-20-32(30)38)33(21-25-11-3-1-4-12-25)35(43)39-27-14-7-8-15-27/h1-6,9-13,16-20,22,27,33H,7-8,14-15,21,23-24H2,(H,39,43)/t33-/m0/s1. The summed E-state index contributed by atoms with van der Waals surface area (Å²) in [4.78, 5) is 30.1. The molecule has 0 bridgehead atoms. The molecule has 1 fully saturated rings. The Balaban J connectivity index is 1.59. The molecule has 0 unspecified atom stereocenters. The highest BCUT2D eigenvalue weighted by Crippen LogP contribution is 2.30. The van der Waals surface area contributed by atoms with Crippen molar-refractivity contribution in [3.63, 3.8) is 0 Å². The lowest BCUT2D eigenvalue weighted by Crippen LogP contribution is -2.54. The van der Waals surface area contributed by atoms with Crippen LogP contribution in [0.15, 0.2) is 108 Å². The Hall–Kier alpha value is -3.56. The first-order chi connectivity index (χ1) is 22.1. The van der Waals surface area contributed by atoms with Crippen LogP contribution in [0.1, 0.15) is 36.8 Å². The lowest BCUT2D eigenvalue weighted by molar-refractivity contribution is -0.140. The number of rotatable bonds is 12. The number of hydrogen-bond donors (Lipinski definition) is 1. The molecule has 240 valence electrons. The molecule has 4 aromatic carbocycles. The van der Waals surface area contributed by atoms with Gasteiger partial charge in [0.05, 0.1) is 10.6 Å². The van der Waals surface area contributed by atoms with Crippen molar-refractivity contribution in [1.29, 1.82) is 0 Å². The van der Waals surface area contributed by atoms with Crippen molar-refractivity contribution in [3.05, 3.63) is 129 Å². The lowest BCUT2D eigenvalue weighted by Gasteiger charge is -2.34.